The fourth-order valence-corrected chi connectivity index (χ4v) is 3.26. The molecule has 1 N–H and O–H groups in total. The first-order valence-electron chi connectivity index (χ1n) is 8.30. The van der Waals surface area contributed by atoms with Crippen molar-refractivity contribution in [3.63, 3.8) is 0 Å². The summed E-state index contributed by atoms with van der Waals surface area (Å²) < 4.78 is 4.72. The Kier molecular flexibility index (Phi) is 5.24. The van der Waals surface area contributed by atoms with E-state index in [9.17, 15) is 9.90 Å². The van der Waals surface area contributed by atoms with Gasteiger partial charge in [-0.1, -0.05) is 10.3 Å². The number of aryl methyl sites for hydroxylation is 1. The SMILES string of the molecule is Cc1nonc1CN1CCN(C(=O)CN2CCCC2)C[C@H](O)C1. The molecule has 2 saturated heterocycles. The lowest BCUT2D eigenvalue weighted by molar-refractivity contribution is -0.133. The number of aliphatic hydroxyl groups is 1. The molecule has 0 aromatic carbocycles. The van der Waals surface area contributed by atoms with E-state index in [1.807, 2.05) is 6.92 Å². The molecule has 0 unspecified atom stereocenters. The molecule has 0 saturated carbocycles. The van der Waals surface area contributed by atoms with Gasteiger partial charge in [0.05, 0.1) is 12.6 Å². The van der Waals surface area contributed by atoms with Crippen molar-refractivity contribution in [1.82, 2.24) is 25.0 Å². The Hall–Kier alpha value is -1.51. The quantitative estimate of drug-likeness (QED) is 0.798. The van der Waals surface area contributed by atoms with E-state index in [1.54, 1.807) is 4.90 Å². The fraction of sp³-hybridized carbons (Fsp3) is 0.800. The maximum atomic E-state index is 12.4. The first-order valence-corrected chi connectivity index (χ1v) is 8.30. The van der Waals surface area contributed by atoms with Crippen LogP contribution in [0.4, 0.5) is 0 Å². The molecule has 0 bridgehead atoms. The van der Waals surface area contributed by atoms with Crippen LogP contribution >= 0.6 is 0 Å². The monoisotopic (exact) mass is 323 g/mol. The van der Waals surface area contributed by atoms with Crippen molar-refractivity contribution in [3.8, 4) is 0 Å². The minimum Gasteiger partial charge on any atom is -0.390 e. The van der Waals surface area contributed by atoms with E-state index in [0.717, 1.165) is 31.0 Å². The Labute approximate surface area is 136 Å². The van der Waals surface area contributed by atoms with Gasteiger partial charge in [-0.25, -0.2) is 4.63 Å². The molecule has 8 nitrogen and oxygen atoms in total. The average molecular weight is 323 g/mol. The Morgan fingerprint density at radius 1 is 1.17 bits per heavy atom. The van der Waals surface area contributed by atoms with Crippen LogP contribution in [-0.4, -0.2) is 87.9 Å². The van der Waals surface area contributed by atoms with Gasteiger partial charge in [-0.2, -0.15) is 0 Å². The smallest absolute Gasteiger partial charge is 0.236 e. The van der Waals surface area contributed by atoms with Gasteiger partial charge in [0.15, 0.2) is 0 Å². The molecule has 128 valence electrons. The van der Waals surface area contributed by atoms with Gasteiger partial charge in [0.1, 0.15) is 11.4 Å². The molecule has 1 amide bonds. The van der Waals surface area contributed by atoms with Gasteiger partial charge in [-0.3, -0.25) is 14.6 Å². The second-order valence-corrected chi connectivity index (χ2v) is 6.51. The number of aromatic nitrogens is 2. The van der Waals surface area contributed by atoms with Crippen molar-refractivity contribution < 1.29 is 14.5 Å². The van der Waals surface area contributed by atoms with Gasteiger partial charge in [0, 0.05) is 32.7 Å². The summed E-state index contributed by atoms with van der Waals surface area (Å²) >= 11 is 0. The lowest BCUT2D eigenvalue weighted by atomic mass is 10.3. The van der Waals surface area contributed by atoms with Crippen LogP contribution in [0.15, 0.2) is 4.63 Å². The number of amides is 1. The molecule has 8 heteroatoms. The fourth-order valence-electron chi connectivity index (χ4n) is 3.26. The Balaban J connectivity index is 1.54. The van der Waals surface area contributed by atoms with E-state index in [4.69, 9.17) is 4.63 Å². The van der Waals surface area contributed by atoms with Gasteiger partial charge in [-0.05, 0) is 32.9 Å². The van der Waals surface area contributed by atoms with Crippen molar-refractivity contribution in [3.05, 3.63) is 11.4 Å². The van der Waals surface area contributed by atoms with Crippen molar-refractivity contribution in [2.75, 3.05) is 45.8 Å². The minimum absolute atomic E-state index is 0.118. The summed E-state index contributed by atoms with van der Waals surface area (Å²) in [6.07, 6.45) is 1.81. The standard InChI is InChI=1S/C15H25N5O3/c1-12-14(17-23-16-12)10-19-6-7-20(9-13(21)8-19)15(22)11-18-4-2-3-5-18/h13,21H,2-11H2,1H3/t13-/m1/s1. The van der Waals surface area contributed by atoms with Gasteiger partial charge in [-0.15, -0.1) is 0 Å². The lowest BCUT2D eigenvalue weighted by Gasteiger charge is -2.24. The molecule has 3 heterocycles. The normalized spacial score (nSPS) is 24.1. The van der Waals surface area contributed by atoms with E-state index in [2.05, 4.69) is 20.1 Å². The largest absolute Gasteiger partial charge is 0.390 e. The first kappa shape index (κ1) is 16.4. The average Bonchev–Trinajstić information content (AvgIpc) is 3.11. The summed E-state index contributed by atoms with van der Waals surface area (Å²) in [4.78, 5) is 18.5. The van der Waals surface area contributed by atoms with Crippen molar-refractivity contribution in [1.29, 1.82) is 0 Å². The third-order valence-corrected chi connectivity index (χ3v) is 4.62. The van der Waals surface area contributed by atoms with Crippen LogP contribution in [0, 0.1) is 6.92 Å². The van der Waals surface area contributed by atoms with Gasteiger partial charge < -0.3 is 10.0 Å². The molecule has 2 aliphatic rings. The van der Waals surface area contributed by atoms with Crippen LogP contribution in [0.5, 0.6) is 0 Å². The van der Waals surface area contributed by atoms with Crippen LogP contribution in [-0.2, 0) is 11.3 Å². The number of likely N-dealkylation sites (tertiary alicyclic amines) is 1. The van der Waals surface area contributed by atoms with Gasteiger partial charge >= 0.3 is 0 Å². The van der Waals surface area contributed by atoms with Gasteiger partial charge in [0.2, 0.25) is 5.91 Å². The van der Waals surface area contributed by atoms with Gasteiger partial charge in [0.25, 0.3) is 0 Å². The summed E-state index contributed by atoms with van der Waals surface area (Å²) in [7, 11) is 0. The molecule has 3 rings (SSSR count). The van der Waals surface area contributed by atoms with Crippen molar-refractivity contribution in [2.24, 2.45) is 0 Å². The molecular formula is C15H25N5O3. The Morgan fingerprint density at radius 2 is 1.96 bits per heavy atom. The van der Waals surface area contributed by atoms with Crippen molar-refractivity contribution >= 4 is 5.91 Å². The second-order valence-electron chi connectivity index (χ2n) is 6.51. The molecule has 1 atom stereocenters. The number of nitrogens with zero attached hydrogens (tertiary/aromatic N) is 5. The van der Waals surface area contributed by atoms with E-state index >= 15 is 0 Å². The maximum Gasteiger partial charge on any atom is 0.236 e. The van der Waals surface area contributed by atoms with E-state index in [-0.39, 0.29) is 5.91 Å². The van der Waals surface area contributed by atoms with Crippen LogP contribution < -0.4 is 0 Å². The van der Waals surface area contributed by atoms with Crippen molar-refractivity contribution in [2.45, 2.75) is 32.4 Å². The molecule has 0 spiro atoms. The number of rotatable bonds is 4. The summed E-state index contributed by atoms with van der Waals surface area (Å²) in [5.74, 6) is 0.118. The maximum absolute atomic E-state index is 12.4. The molecule has 1 aromatic heterocycles. The van der Waals surface area contributed by atoms with E-state index in [1.165, 1.54) is 12.8 Å². The topological polar surface area (TPSA) is 85.9 Å². The van der Waals surface area contributed by atoms with Crippen LogP contribution in [0.2, 0.25) is 0 Å². The van der Waals surface area contributed by atoms with Crippen LogP contribution in [0.25, 0.3) is 0 Å². The van der Waals surface area contributed by atoms with Crippen LogP contribution in [0.1, 0.15) is 24.2 Å². The second kappa shape index (κ2) is 7.37. The Bertz CT molecular complexity index is 529. The molecule has 1 aromatic rings. The third kappa shape index (κ3) is 4.27. The highest BCUT2D eigenvalue weighted by atomic mass is 16.6. The zero-order valence-electron chi connectivity index (χ0n) is 13.6. The molecule has 2 aliphatic heterocycles. The predicted molar refractivity (Wildman–Crippen MR) is 82.6 cm³/mol. The molecule has 0 radical (unpaired) electrons. The molecule has 2 fully saturated rings. The van der Waals surface area contributed by atoms with E-state index < -0.39 is 6.10 Å². The Morgan fingerprint density at radius 3 is 2.65 bits per heavy atom. The zero-order chi connectivity index (χ0) is 16.2. The highest BCUT2D eigenvalue weighted by Gasteiger charge is 2.26. The summed E-state index contributed by atoms with van der Waals surface area (Å²) in [5.41, 5.74) is 1.56. The predicted octanol–water partition coefficient (Wildman–Crippen LogP) is -0.521. The zero-order valence-corrected chi connectivity index (χ0v) is 13.6. The number of β-amino-alcohol motifs (C(OH)–C–C–N with tert-alkyl or cyclic N) is 1. The molecule has 23 heavy (non-hydrogen) atoms. The number of hydrogen-bond acceptors (Lipinski definition) is 7. The third-order valence-electron chi connectivity index (χ3n) is 4.62. The lowest BCUT2D eigenvalue weighted by Crippen LogP contribution is -2.43. The summed E-state index contributed by atoms with van der Waals surface area (Å²) in [6.45, 7) is 7.20. The minimum atomic E-state index is -0.541. The highest BCUT2D eigenvalue weighted by Crippen LogP contribution is 2.12. The number of hydrogen-bond donors (Lipinski definition) is 1. The summed E-state index contributed by atoms with van der Waals surface area (Å²) in [6, 6.07) is 0. The molecule has 0 aliphatic carbocycles. The first-order chi connectivity index (χ1) is 11.1. The number of carbonyl (C=O) groups excluding carboxylic acids is 1. The number of carbonyl (C=O) groups is 1. The molecular weight excluding hydrogens is 298 g/mol. The summed E-state index contributed by atoms with van der Waals surface area (Å²) in [5, 5.41) is 17.9. The van der Waals surface area contributed by atoms with Crippen LogP contribution in [0.3, 0.4) is 0 Å². The highest BCUT2D eigenvalue weighted by molar-refractivity contribution is 5.78. The number of aliphatic hydroxyl groups excluding tert-OH is 1. The van der Waals surface area contributed by atoms with E-state index in [0.29, 0.717) is 32.7 Å².